The lowest BCUT2D eigenvalue weighted by Crippen LogP contribution is -2.52. The first-order valence-corrected chi connectivity index (χ1v) is 5.54. The second-order valence-corrected chi connectivity index (χ2v) is 3.87. The van der Waals surface area contributed by atoms with Crippen LogP contribution < -0.4 is 10.7 Å². The molecule has 2 heterocycles. The van der Waals surface area contributed by atoms with E-state index in [1.165, 1.54) is 0 Å². The first kappa shape index (κ1) is 11.0. The van der Waals surface area contributed by atoms with Gasteiger partial charge in [-0.25, -0.2) is 10.2 Å². The molecule has 0 saturated carbocycles. The van der Waals surface area contributed by atoms with E-state index in [4.69, 9.17) is 4.74 Å². The molecule has 2 aliphatic heterocycles. The zero-order valence-corrected chi connectivity index (χ0v) is 9.35. The summed E-state index contributed by atoms with van der Waals surface area (Å²) in [5, 5.41) is 4.32. The highest BCUT2D eigenvalue weighted by Gasteiger charge is 2.29. The number of hydrogen-bond acceptors (Lipinski definition) is 3. The number of allylic oxidation sites excluding steroid dienone is 2. The Labute approximate surface area is 95.1 Å². The van der Waals surface area contributed by atoms with Gasteiger partial charge in [-0.2, -0.15) is 0 Å². The van der Waals surface area contributed by atoms with Crippen LogP contribution in [0.2, 0.25) is 0 Å². The summed E-state index contributed by atoms with van der Waals surface area (Å²) in [4.78, 5) is 11.3. The van der Waals surface area contributed by atoms with Crippen LogP contribution in [-0.2, 0) is 4.74 Å². The van der Waals surface area contributed by atoms with E-state index in [0.29, 0.717) is 0 Å². The van der Waals surface area contributed by atoms with Crippen molar-refractivity contribution in [3.63, 3.8) is 0 Å². The first-order valence-electron chi connectivity index (χ1n) is 5.54. The summed E-state index contributed by atoms with van der Waals surface area (Å²) in [6.07, 6.45) is 10.1. The number of hydrazine groups is 1. The highest BCUT2D eigenvalue weighted by atomic mass is 16.5. The summed E-state index contributed by atoms with van der Waals surface area (Å²) in [6.45, 7) is 0.812. The monoisotopic (exact) mass is 223 g/mol. The van der Waals surface area contributed by atoms with Crippen molar-refractivity contribution < 1.29 is 9.53 Å². The molecule has 2 atom stereocenters. The fourth-order valence-electron chi connectivity index (χ4n) is 1.97. The van der Waals surface area contributed by atoms with Crippen molar-refractivity contribution in [2.75, 3.05) is 13.7 Å². The fraction of sp³-hybridized carbons (Fsp3) is 0.545. The van der Waals surface area contributed by atoms with E-state index in [1.807, 2.05) is 24.4 Å². The number of amides is 2. The minimum absolute atomic E-state index is 0.0878. The number of hydrogen-bond donors (Lipinski definition) is 2. The van der Waals surface area contributed by atoms with Crippen LogP contribution in [0.1, 0.15) is 12.8 Å². The Morgan fingerprint density at radius 3 is 3.06 bits per heavy atom. The van der Waals surface area contributed by atoms with E-state index in [0.717, 1.165) is 19.4 Å². The summed E-state index contributed by atoms with van der Waals surface area (Å²) in [5.41, 5.74) is 2.76. The first-order chi connectivity index (χ1) is 7.81. The van der Waals surface area contributed by atoms with Gasteiger partial charge >= 0.3 is 6.03 Å². The number of nitrogens with zero attached hydrogens (tertiary/aromatic N) is 1. The van der Waals surface area contributed by atoms with Gasteiger partial charge in [0.1, 0.15) is 0 Å². The molecule has 2 unspecified atom stereocenters. The third kappa shape index (κ3) is 2.36. The predicted octanol–water partition coefficient (Wildman–Crippen LogP) is 0.763. The summed E-state index contributed by atoms with van der Waals surface area (Å²) >= 11 is 0. The number of rotatable bonds is 2. The van der Waals surface area contributed by atoms with Crippen LogP contribution in [0.5, 0.6) is 0 Å². The average Bonchev–Trinajstić information content (AvgIpc) is 2.83. The molecule has 0 aliphatic carbocycles. The molecule has 5 nitrogen and oxygen atoms in total. The van der Waals surface area contributed by atoms with Crippen LogP contribution in [0, 0.1) is 0 Å². The molecule has 2 N–H and O–H groups in total. The van der Waals surface area contributed by atoms with Crippen LogP contribution in [0.4, 0.5) is 4.79 Å². The van der Waals surface area contributed by atoms with Crippen LogP contribution in [-0.4, -0.2) is 36.8 Å². The third-order valence-corrected chi connectivity index (χ3v) is 2.79. The molecular weight excluding hydrogens is 206 g/mol. The molecule has 0 aromatic rings. The zero-order valence-electron chi connectivity index (χ0n) is 9.35. The SMILES string of the molecule is CNC(=O)NN1C=CC=CC1C1CCCO1. The summed E-state index contributed by atoms with van der Waals surface area (Å²) in [6, 6.07) is -0.132. The Morgan fingerprint density at radius 1 is 1.50 bits per heavy atom. The smallest absolute Gasteiger partial charge is 0.333 e. The van der Waals surface area contributed by atoms with Gasteiger partial charge in [0.05, 0.1) is 12.1 Å². The van der Waals surface area contributed by atoms with Gasteiger partial charge in [0, 0.05) is 19.9 Å². The maximum Gasteiger partial charge on any atom is 0.333 e. The van der Waals surface area contributed by atoms with Crippen molar-refractivity contribution in [3.05, 3.63) is 24.4 Å². The molecule has 88 valence electrons. The zero-order chi connectivity index (χ0) is 11.4. The normalized spacial score (nSPS) is 28.2. The summed E-state index contributed by atoms with van der Waals surface area (Å²) < 4.78 is 5.64. The Balaban J connectivity index is 2.00. The molecule has 5 heteroatoms. The van der Waals surface area contributed by atoms with E-state index in [-0.39, 0.29) is 18.2 Å². The number of ether oxygens (including phenoxy) is 1. The molecular formula is C11H17N3O2. The fourth-order valence-corrected chi connectivity index (χ4v) is 1.97. The molecule has 16 heavy (non-hydrogen) atoms. The standard InChI is InChI=1S/C11H17N3O2/c1-12-11(15)13-14-7-3-2-5-9(14)10-6-4-8-16-10/h2-3,5,7,9-10H,4,6,8H2,1H3,(H2,12,13,15). The van der Waals surface area contributed by atoms with Crippen molar-refractivity contribution in [2.24, 2.45) is 0 Å². The lowest BCUT2D eigenvalue weighted by atomic mass is 10.1. The molecule has 0 aromatic carbocycles. The molecule has 2 rings (SSSR count). The van der Waals surface area contributed by atoms with E-state index in [9.17, 15) is 4.79 Å². The molecule has 1 fully saturated rings. The molecule has 2 aliphatic rings. The van der Waals surface area contributed by atoms with Crippen molar-refractivity contribution in [2.45, 2.75) is 25.0 Å². The van der Waals surface area contributed by atoms with Gasteiger partial charge in [-0.3, -0.25) is 5.01 Å². The van der Waals surface area contributed by atoms with Crippen molar-refractivity contribution >= 4 is 6.03 Å². The number of carbonyl (C=O) groups excluding carboxylic acids is 1. The lowest BCUT2D eigenvalue weighted by Gasteiger charge is -2.33. The van der Waals surface area contributed by atoms with Crippen molar-refractivity contribution in [3.8, 4) is 0 Å². The van der Waals surface area contributed by atoms with E-state index in [1.54, 1.807) is 12.1 Å². The highest BCUT2D eigenvalue weighted by Crippen LogP contribution is 2.21. The lowest BCUT2D eigenvalue weighted by molar-refractivity contribution is 0.0472. The minimum Gasteiger partial charge on any atom is -0.376 e. The van der Waals surface area contributed by atoms with Gasteiger partial charge in [0.2, 0.25) is 0 Å². The van der Waals surface area contributed by atoms with Gasteiger partial charge in [-0.15, -0.1) is 0 Å². The van der Waals surface area contributed by atoms with Gasteiger partial charge < -0.3 is 10.1 Å². The number of nitrogens with one attached hydrogen (secondary N) is 2. The molecule has 0 bridgehead atoms. The third-order valence-electron chi connectivity index (χ3n) is 2.79. The molecule has 0 spiro atoms. The molecule has 0 aromatic heterocycles. The van der Waals surface area contributed by atoms with Crippen LogP contribution in [0.3, 0.4) is 0 Å². The van der Waals surface area contributed by atoms with E-state index in [2.05, 4.69) is 10.7 Å². The van der Waals surface area contributed by atoms with Crippen molar-refractivity contribution in [1.82, 2.24) is 15.8 Å². The number of urea groups is 1. The van der Waals surface area contributed by atoms with Gasteiger partial charge in [-0.05, 0) is 18.9 Å². The molecule has 2 amide bonds. The summed E-state index contributed by atoms with van der Waals surface area (Å²) in [7, 11) is 1.60. The Bertz CT molecular complexity index is 308. The highest BCUT2D eigenvalue weighted by molar-refractivity contribution is 5.73. The molecule has 1 saturated heterocycles. The van der Waals surface area contributed by atoms with Crippen molar-refractivity contribution in [1.29, 1.82) is 0 Å². The minimum atomic E-state index is -0.219. The maximum atomic E-state index is 11.3. The average molecular weight is 223 g/mol. The second kappa shape index (κ2) is 5.03. The van der Waals surface area contributed by atoms with E-state index < -0.39 is 0 Å². The second-order valence-electron chi connectivity index (χ2n) is 3.87. The van der Waals surface area contributed by atoms with Crippen LogP contribution in [0.25, 0.3) is 0 Å². The Morgan fingerprint density at radius 2 is 2.38 bits per heavy atom. The largest absolute Gasteiger partial charge is 0.376 e. The summed E-state index contributed by atoms with van der Waals surface area (Å²) in [5.74, 6) is 0. The van der Waals surface area contributed by atoms with Gasteiger partial charge in [0.25, 0.3) is 0 Å². The van der Waals surface area contributed by atoms with E-state index >= 15 is 0 Å². The maximum absolute atomic E-state index is 11.3. The Kier molecular flexibility index (Phi) is 3.46. The number of carbonyl (C=O) groups is 1. The van der Waals surface area contributed by atoms with Gasteiger partial charge in [0.15, 0.2) is 0 Å². The Hall–Kier alpha value is -1.49. The quantitative estimate of drug-likeness (QED) is 0.727. The van der Waals surface area contributed by atoms with Gasteiger partial charge in [-0.1, -0.05) is 12.2 Å². The van der Waals surface area contributed by atoms with Crippen LogP contribution >= 0.6 is 0 Å². The topological polar surface area (TPSA) is 53.6 Å². The molecule has 0 radical (unpaired) electrons. The predicted molar refractivity (Wildman–Crippen MR) is 60.5 cm³/mol. The van der Waals surface area contributed by atoms with Crippen LogP contribution in [0.15, 0.2) is 24.4 Å².